The second-order valence-corrected chi connectivity index (χ2v) is 5.09. The highest BCUT2D eigenvalue weighted by Crippen LogP contribution is 2.25. The number of benzene rings is 1. The lowest BCUT2D eigenvalue weighted by molar-refractivity contribution is -0.142. The summed E-state index contributed by atoms with van der Waals surface area (Å²) in [5, 5.41) is 11.5. The molecular formula is C14H19NO4. The van der Waals surface area contributed by atoms with E-state index in [0.29, 0.717) is 5.69 Å². The highest BCUT2D eigenvalue weighted by molar-refractivity contribution is 5.96. The van der Waals surface area contributed by atoms with Gasteiger partial charge in [0.05, 0.1) is 18.9 Å². The van der Waals surface area contributed by atoms with E-state index >= 15 is 0 Å². The monoisotopic (exact) mass is 265 g/mol. The van der Waals surface area contributed by atoms with Crippen LogP contribution in [0.1, 0.15) is 25.8 Å². The van der Waals surface area contributed by atoms with Gasteiger partial charge in [-0.05, 0) is 30.7 Å². The Morgan fingerprint density at radius 2 is 2.00 bits per heavy atom. The second kappa shape index (κ2) is 5.73. The standard InChI is InChI=1S/C14H19NO4/c1-9-7-10(5-6-11(9)19-4)15-13(18)14(2,3)8-12(16)17/h5-7H,8H2,1-4H3,(H,15,18)(H,16,17). The van der Waals surface area contributed by atoms with Crippen molar-refractivity contribution in [2.45, 2.75) is 27.2 Å². The zero-order valence-electron chi connectivity index (χ0n) is 11.6. The van der Waals surface area contributed by atoms with Crippen molar-refractivity contribution < 1.29 is 19.4 Å². The van der Waals surface area contributed by atoms with E-state index in [0.717, 1.165) is 11.3 Å². The van der Waals surface area contributed by atoms with Crippen LogP contribution in [0, 0.1) is 12.3 Å². The molecule has 0 saturated carbocycles. The zero-order valence-corrected chi connectivity index (χ0v) is 11.6. The lowest BCUT2D eigenvalue weighted by Crippen LogP contribution is -2.32. The molecule has 1 rings (SSSR count). The summed E-state index contributed by atoms with van der Waals surface area (Å²) in [7, 11) is 1.58. The molecule has 19 heavy (non-hydrogen) atoms. The number of carboxylic acid groups (broad SMARTS) is 1. The molecule has 1 aromatic carbocycles. The summed E-state index contributed by atoms with van der Waals surface area (Å²) >= 11 is 0. The Balaban J connectivity index is 2.82. The third-order valence-corrected chi connectivity index (χ3v) is 2.86. The minimum atomic E-state index is -0.994. The van der Waals surface area contributed by atoms with E-state index in [1.807, 2.05) is 6.92 Å². The number of nitrogens with one attached hydrogen (secondary N) is 1. The molecule has 0 aliphatic rings. The van der Waals surface area contributed by atoms with Crippen LogP contribution < -0.4 is 10.1 Å². The molecule has 0 aromatic heterocycles. The Bertz CT molecular complexity index is 494. The first-order valence-electron chi connectivity index (χ1n) is 5.94. The molecule has 104 valence electrons. The first-order chi connectivity index (χ1) is 8.76. The maximum Gasteiger partial charge on any atom is 0.304 e. The van der Waals surface area contributed by atoms with Gasteiger partial charge in [0.2, 0.25) is 5.91 Å². The lowest BCUT2D eigenvalue weighted by atomic mass is 9.88. The SMILES string of the molecule is COc1ccc(NC(=O)C(C)(C)CC(=O)O)cc1C. The molecular weight excluding hydrogens is 246 g/mol. The molecule has 0 unspecified atom stereocenters. The maximum atomic E-state index is 12.0. The number of amides is 1. The molecule has 0 bridgehead atoms. The highest BCUT2D eigenvalue weighted by atomic mass is 16.5. The Hall–Kier alpha value is -2.04. The van der Waals surface area contributed by atoms with Gasteiger partial charge in [0.25, 0.3) is 0 Å². The molecule has 5 heteroatoms. The molecule has 5 nitrogen and oxygen atoms in total. The van der Waals surface area contributed by atoms with Gasteiger partial charge >= 0.3 is 5.97 Å². The van der Waals surface area contributed by atoms with Crippen molar-refractivity contribution in [2.75, 3.05) is 12.4 Å². The first-order valence-corrected chi connectivity index (χ1v) is 5.94. The summed E-state index contributed by atoms with van der Waals surface area (Å²) < 4.78 is 5.13. The van der Waals surface area contributed by atoms with Gasteiger partial charge in [-0.1, -0.05) is 13.8 Å². The first kappa shape index (κ1) is 15.0. The second-order valence-electron chi connectivity index (χ2n) is 5.09. The van der Waals surface area contributed by atoms with Gasteiger partial charge in [-0.25, -0.2) is 0 Å². The van der Waals surface area contributed by atoms with Crippen molar-refractivity contribution >= 4 is 17.6 Å². The number of carbonyl (C=O) groups excluding carboxylic acids is 1. The Morgan fingerprint density at radius 3 is 2.47 bits per heavy atom. The van der Waals surface area contributed by atoms with E-state index in [2.05, 4.69) is 5.32 Å². The van der Waals surface area contributed by atoms with Crippen LogP contribution in [0.25, 0.3) is 0 Å². The van der Waals surface area contributed by atoms with Gasteiger partial charge in [-0.15, -0.1) is 0 Å². The van der Waals surface area contributed by atoms with Crippen LogP contribution in [-0.2, 0) is 9.59 Å². The van der Waals surface area contributed by atoms with Crippen molar-refractivity contribution in [3.8, 4) is 5.75 Å². The fourth-order valence-corrected chi connectivity index (χ4v) is 1.71. The number of ether oxygens (including phenoxy) is 1. The van der Waals surface area contributed by atoms with Crippen LogP contribution in [-0.4, -0.2) is 24.1 Å². The Morgan fingerprint density at radius 1 is 1.37 bits per heavy atom. The number of hydrogen-bond donors (Lipinski definition) is 2. The summed E-state index contributed by atoms with van der Waals surface area (Å²) in [5.74, 6) is -0.576. The van der Waals surface area contributed by atoms with E-state index in [1.165, 1.54) is 0 Å². The molecule has 1 amide bonds. The quantitative estimate of drug-likeness (QED) is 0.857. The molecule has 2 N–H and O–H groups in total. The highest BCUT2D eigenvalue weighted by Gasteiger charge is 2.30. The van der Waals surface area contributed by atoms with Crippen LogP contribution in [0.15, 0.2) is 18.2 Å². The number of methoxy groups -OCH3 is 1. The molecule has 0 aliphatic carbocycles. The summed E-state index contributed by atoms with van der Waals surface area (Å²) in [6.45, 7) is 5.08. The van der Waals surface area contributed by atoms with Crippen molar-refractivity contribution in [3.05, 3.63) is 23.8 Å². The van der Waals surface area contributed by atoms with Crippen LogP contribution in [0.3, 0.4) is 0 Å². The average Bonchev–Trinajstić information content (AvgIpc) is 2.27. The van der Waals surface area contributed by atoms with Gasteiger partial charge in [0.1, 0.15) is 5.75 Å². The van der Waals surface area contributed by atoms with E-state index in [1.54, 1.807) is 39.2 Å². The fraction of sp³-hybridized carbons (Fsp3) is 0.429. The summed E-state index contributed by atoms with van der Waals surface area (Å²) in [4.78, 5) is 22.7. The molecule has 0 spiro atoms. The van der Waals surface area contributed by atoms with Crippen LogP contribution >= 0.6 is 0 Å². The van der Waals surface area contributed by atoms with Gasteiger partial charge in [-0.3, -0.25) is 9.59 Å². The molecule has 0 radical (unpaired) electrons. The van der Waals surface area contributed by atoms with Gasteiger partial charge < -0.3 is 15.2 Å². The molecule has 0 aliphatic heterocycles. The topological polar surface area (TPSA) is 75.6 Å². The van der Waals surface area contributed by atoms with Gasteiger partial charge in [0.15, 0.2) is 0 Å². The minimum Gasteiger partial charge on any atom is -0.496 e. The van der Waals surface area contributed by atoms with Crippen LogP contribution in [0.5, 0.6) is 5.75 Å². The zero-order chi connectivity index (χ0) is 14.6. The predicted molar refractivity (Wildman–Crippen MR) is 72.4 cm³/mol. The molecule has 0 heterocycles. The summed E-state index contributed by atoms with van der Waals surface area (Å²) in [6, 6.07) is 5.27. The Labute approximate surface area is 112 Å². The van der Waals surface area contributed by atoms with Crippen molar-refractivity contribution in [2.24, 2.45) is 5.41 Å². The molecule has 0 fully saturated rings. The lowest BCUT2D eigenvalue weighted by Gasteiger charge is -2.21. The van der Waals surface area contributed by atoms with Crippen LogP contribution in [0.2, 0.25) is 0 Å². The molecule has 0 saturated heterocycles. The predicted octanol–water partition coefficient (Wildman–Crippen LogP) is 2.44. The molecule has 0 atom stereocenters. The van der Waals surface area contributed by atoms with E-state index < -0.39 is 11.4 Å². The van der Waals surface area contributed by atoms with Gasteiger partial charge in [0, 0.05) is 5.69 Å². The third-order valence-electron chi connectivity index (χ3n) is 2.86. The maximum absolute atomic E-state index is 12.0. The number of carbonyl (C=O) groups is 2. The third kappa shape index (κ3) is 3.98. The van der Waals surface area contributed by atoms with E-state index in [9.17, 15) is 9.59 Å². The number of aliphatic carboxylic acids is 1. The van der Waals surface area contributed by atoms with Crippen molar-refractivity contribution in [1.82, 2.24) is 0 Å². The normalized spacial score (nSPS) is 10.9. The number of carboxylic acids is 1. The number of anilines is 1. The van der Waals surface area contributed by atoms with Crippen LogP contribution in [0.4, 0.5) is 5.69 Å². The fourth-order valence-electron chi connectivity index (χ4n) is 1.71. The van der Waals surface area contributed by atoms with E-state index in [4.69, 9.17) is 9.84 Å². The van der Waals surface area contributed by atoms with Crippen molar-refractivity contribution in [1.29, 1.82) is 0 Å². The average molecular weight is 265 g/mol. The largest absolute Gasteiger partial charge is 0.496 e. The number of aryl methyl sites for hydroxylation is 1. The van der Waals surface area contributed by atoms with Crippen molar-refractivity contribution in [3.63, 3.8) is 0 Å². The summed E-state index contributed by atoms with van der Waals surface area (Å²) in [5.41, 5.74) is 0.567. The molecule has 1 aromatic rings. The van der Waals surface area contributed by atoms with Gasteiger partial charge in [-0.2, -0.15) is 0 Å². The van der Waals surface area contributed by atoms with E-state index in [-0.39, 0.29) is 12.3 Å². The number of rotatable bonds is 5. The Kier molecular flexibility index (Phi) is 4.53. The summed E-state index contributed by atoms with van der Waals surface area (Å²) in [6.07, 6.45) is -0.214. The smallest absolute Gasteiger partial charge is 0.304 e. The minimum absolute atomic E-state index is 0.214. The number of hydrogen-bond acceptors (Lipinski definition) is 3.